The van der Waals surface area contributed by atoms with Gasteiger partial charge in [0.05, 0.1) is 6.17 Å². The summed E-state index contributed by atoms with van der Waals surface area (Å²) in [7, 11) is 8.49. The Hall–Kier alpha value is 1.00. The molecule has 0 saturated carbocycles. The van der Waals surface area contributed by atoms with Gasteiger partial charge in [-0.2, -0.15) is 0 Å². The quantitative estimate of drug-likeness (QED) is 0.431. The van der Waals surface area contributed by atoms with Crippen LogP contribution >= 0.6 is 34.4 Å². The Bertz CT molecular complexity index is 90.4. The van der Waals surface area contributed by atoms with Gasteiger partial charge in [0.15, 0.2) is 0 Å². The van der Waals surface area contributed by atoms with Crippen LogP contribution in [0.15, 0.2) is 0 Å². The molecule has 4 heteroatoms. The summed E-state index contributed by atoms with van der Waals surface area (Å²) in [5.74, 6) is 1.18. The highest BCUT2D eigenvalue weighted by atomic mass is 127. The van der Waals surface area contributed by atoms with Crippen LogP contribution < -0.4 is 0 Å². The highest BCUT2D eigenvalue weighted by molar-refractivity contribution is 14.1. The first-order valence-corrected chi connectivity index (χ1v) is 6.24. The summed E-state index contributed by atoms with van der Waals surface area (Å²) in [6, 6.07) is 0. The lowest BCUT2D eigenvalue weighted by molar-refractivity contribution is 0.152. The average molecular weight is 288 g/mol. The van der Waals surface area contributed by atoms with Gasteiger partial charge in [0.1, 0.15) is 0 Å². The molecule has 0 aliphatic carbocycles. The normalized spacial score (nSPS) is 12.0. The Morgan fingerprint density at radius 1 is 1.18 bits per heavy atom. The minimum atomic E-state index is 0.565. The lowest BCUT2D eigenvalue weighted by Gasteiger charge is -2.29. The summed E-state index contributed by atoms with van der Waals surface area (Å²) < 4.78 is 1.18. The Balaban J connectivity index is 3.70. The van der Waals surface area contributed by atoms with Gasteiger partial charge in [0.25, 0.3) is 0 Å². The molecule has 0 aromatic carbocycles. The molecule has 0 heterocycles. The lowest BCUT2D eigenvalue weighted by atomic mass is 10.5. The van der Waals surface area contributed by atoms with E-state index in [9.17, 15) is 0 Å². The number of nitrogens with zero attached hydrogens (tertiary/aromatic N) is 2. The zero-order valence-corrected chi connectivity index (χ0v) is 10.6. The second-order valence-electron chi connectivity index (χ2n) is 2.89. The molecule has 0 radical (unpaired) electrons. The van der Waals surface area contributed by atoms with Crippen molar-refractivity contribution in [3.63, 3.8) is 0 Å². The van der Waals surface area contributed by atoms with Gasteiger partial charge in [-0.3, -0.25) is 9.80 Å². The number of rotatable bonds is 5. The fraction of sp³-hybridized carbons (Fsp3) is 1.00. The molecule has 0 spiro atoms. The Kier molecular flexibility index (Phi) is 7.10. The van der Waals surface area contributed by atoms with Crippen molar-refractivity contribution in [1.29, 1.82) is 0 Å². The summed E-state index contributed by atoms with van der Waals surface area (Å²) in [5.41, 5.74) is 0. The summed E-state index contributed by atoms with van der Waals surface area (Å²) in [6.07, 6.45) is 0.565. The Labute approximate surface area is 87.8 Å². The van der Waals surface area contributed by atoms with Crippen LogP contribution in [-0.4, -0.2) is 53.7 Å². The zero-order chi connectivity index (χ0) is 8.85. The van der Waals surface area contributed by atoms with E-state index in [1.54, 1.807) is 0 Å². The van der Waals surface area contributed by atoms with Gasteiger partial charge in [-0.15, -0.1) is 11.8 Å². The monoisotopic (exact) mass is 288 g/mol. The largest absolute Gasteiger partial charge is 0.293 e. The van der Waals surface area contributed by atoms with E-state index in [1.165, 1.54) is 9.51 Å². The van der Waals surface area contributed by atoms with Crippen molar-refractivity contribution >= 4 is 34.4 Å². The zero-order valence-electron chi connectivity index (χ0n) is 7.67. The number of alkyl halides is 1. The minimum Gasteiger partial charge on any atom is -0.293 e. The van der Waals surface area contributed by atoms with Crippen molar-refractivity contribution < 1.29 is 0 Å². The van der Waals surface area contributed by atoms with Crippen LogP contribution in [0.3, 0.4) is 0 Å². The molecule has 0 aromatic heterocycles. The van der Waals surface area contributed by atoms with E-state index in [4.69, 9.17) is 0 Å². The standard InChI is InChI=1S/C7H17IN2S/c1-9(2)7(10(3)4)5-11-6-8/h7H,5-6H2,1-4H3. The first-order chi connectivity index (χ1) is 5.09. The van der Waals surface area contributed by atoms with Gasteiger partial charge in [0.2, 0.25) is 0 Å². The van der Waals surface area contributed by atoms with Crippen LogP contribution in [0.2, 0.25) is 0 Å². The molecular formula is C7H17IN2S. The fourth-order valence-corrected chi connectivity index (χ4v) is 2.57. The van der Waals surface area contributed by atoms with Crippen molar-refractivity contribution in [1.82, 2.24) is 9.80 Å². The molecule has 0 bridgehead atoms. The summed E-state index contributed by atoms with van der Waals surface area (Å²) in [4.78, 5) is 4.50. The summed E-state index contributed by atoms with van der Waals surface area (Å²) in [5, 5.41) is 0. The third-order valence-corrected chi connectivity index (χ3v) is 3.55. The van der Waals surface area contributed by atoms with Crippen LogP contribution in [0.5, 0.6) is 0 Å². The van der Waals surface area contributed by atoms with Crippen LogP contribution in [0.1, 0.15) is 0 Å². The van der Waals surface area contributed by atoms with E-state index in [-0.39, 0.29) is 0 Å². The molecule has 11 heavy (non-hydrogen) atoms. The molecule has 0 aliphatic rings. The SMILES string of the molecule is CN(C)C(CSCI)N(C)C. The molecule has 0 fully saturated rings. The van der Waals surface area contributed by atoms with E-state index in [2.05, 4.69) is 60.6 Å². The number of thioether (sulfide) groups is 1. The predicted octanol–water partition coefficient (Wildman–Crippen LogP) is 1.56. The second kappa shape index (κ2) is 6.51. The van der Waals surface area contributed by atoms with E-state index < -0.39 is 0 Å². The topological polar surface area (TPSA) is 6.48 Å². The number of hydrogen-bond acceptors (Lipinski definition) is 3. The van der Waals surface area contributed by atoms with Crippen molar-refractivity contribution in [3.05, 3.63) is 0 Å². The maximum Gasteiger partial charge on any atom is 0.0705 e. The van der Waals surface area contributed by atoms with Gasteiger partial charge in [-0.25, -0.2) is 0 Å². The Morgan fingerprint density at radius 3 is 1.91 bits per heavy atom. The molecule has 0 aliphatic heterocycles. The van der Waals surface area contributed by atoms with Gasteiger partial charge in [-0.1, -0.05) is 22.6 Å². The van der Waals surface area contributed by atoms with Crippen molar-refractivity contribution in [2.45, 2.75) is 6.17 Å². The number of hydrogen-bond donors (Lipinski definition) is 0. The maximum absolute atomic E-state index is 2.39. The third kappa shape index (κ3) is 5.27. The van der Waals surface area contributed by atoms with Crippen LogP contribution in [0, 0.1) is 0 Å². The molecule has 0 atom stereocenters. The smallest absolute Gasteiger partial charge is 0.0705 e. The van der Waals surface area contributed by atoms with Gasteiger partial charge in [-0.05, 0) is 28.2 Å². The molecule has 0 unspecified atom stereocenters. The highest BCUT2D eigenvalue weighted by Crippen LogP contribution is 2.10. The molecule has 68 valence electrons. The summed E-state index contributed by atoms with van der Waals surface area (Å²) in [6.45, 7) is 0. The average Bonchev–Trinajstić information content (AvgIpc) is 1.87. The van der Waals surface area contributed by atoms with E-state index >= 15 is 0 Å². The van der Waals surface area contributed by atoms with Crippen molar-refractivity contribution in [2.24, 2.45) is 0 Å². The van der Waals surface area contributed by atoms with Crippen molar-refractivity contribution in [3.8, 4) is 0 Å². The van der Waals surface area contributed by atoms with Crippen LogP contribution in [0.4, 0.5) is 0 Å². The number of halogens is 1. The van der Waals surface area contributed by atoms with Gasteiger partial charge < -0.3 is 0 Å². The fourth-order valence-electron chi connectivity index (χ4n) is 0.910. The molecule has 0 N–H and O–H groups in total. The molecule has 2 nitrogen and oxygen atoms in total. The van der Waals surface area contributed by atoms with Gasteiger partial charge >= 0.3 is 0 Å². The lowest BCUT2D eigenvalue weighted by Crippen LogP contribution is -2.42. The van der Waals surface area contributed by atoms with E-state index in [0.29, 0.717) is 6.17 Å². The molecule has 0 saturated heterocycles. The molecular weight excluding hydrogens is 271 g/mol. The maximum atomic E-state index is 2.39. The minimum absolute atomic E-state index is 0.565. The molecule has 0 aromatic rings. The first-order valence-electron chi connectivity index (χ1n) is 3.56. The molecule has 0 rings (SSSR count). The predicted molar refractivity (Wildman–Crippen MR) is 62.5 cm³/mol. The van der Waals surface area contributed by atoms with Crippen molar-refractivity contribution in [2.75, 3.05) is 37.7 Å². The van der Waals surface area contributed by atoms with Crippen LogP contribution in [-0.2, 0) is 0 Å². The second-order valence-corrected chi connectivity index (χ2v) is 5.72. The highest BCUT2D eigenvalue weighted by Gasteiger charge is 2.12. The Morgan fingerprint density at radius 2 is 1.64 bits per heavy atom. The van der Waals surface area contributed by atoms with Gasteiger partial charge in [0, 0.05) is 9.51 Å². The summed E-state index contributed by atoms with van der Waals surface area (Å²) >= 11 is 4.37. The molecule has 0 amide bonds. The van der Waals surface area contributed by atoms with E-state index in [1.807, 2.05) is 11.8 Å². The third-order valence-electron chi connectivity index (χ3n) is 1.54. The van der Waals surface area contributed by atoms with E-state index in [0.717, 1.165) is 0 Å². The first kappa shape index (κ1) is 12.0. The van der Waals surface area contributed by atoms with Crippen LogP contribution in [0.25, 0.3) is 0 Å².